The maximum Gasteiger partial charge on any atom is 0.124 e. The van der Waals surface area contributed by atoms with Gasteiger partial charge in [0.25, 0.3) is 0 Å². The zero-order valence-corrected chi connectivity index (χ0v) is 11.9. The van der Waals surface area contributed by atoms with Gasteiger partial charge in [-0.05, 0) is 45.1 Å². The Morgan fingerprint density at radius 1 is 1.37 bits per heavy atom. The van der Waals surface area contributed by atoms with Crippen LogP contribution in [0.1, 0.15) is 44.7 Å². The normalized spacial score (nSPS) is 18.1. The molecule has 2 rings (SSSR count). The molecule has 2 unspecified atom stereocenters. The molecule has 1 aliphatic rings. The van der Waals surface area contributed by atoms with Crippen molar-refractivity contribution in [3.8, 4) is 5.75 Å². The minimum atomic E-state index is 0.250. The first-order valence-corrected chi connectivity index (χ1v) is 7.34. The van der Waals surface area contributed by atoms with Crippen LogP contribution in [0.25, 0.3) is 0 Å². The third-order valence-electron chi connectivity index (χ3n) is 3.78. The predicted octanol–water partition coefficient (Wildman–Crippen LogP) is 2.90. The zero-order valence-electron chi connectivity index (χ0n) is 11.9. The van der Waals surface area contributed by atoms with Gasteiger partial charge in [0.2, 0.25) is 0 Å². The maximum absolute atomic E-state index is 9.17. The molecule has 106 valence electrons. The zero-order chi connectivity index (χ0) is 13.7. The number of hydrogen-bond donors (Lipinski definition) is 2. The second-order valence-electron chi connectivity index (χ2n) is 5.32. The smallest absolute Gasteiger partial charge is 0.124 e. The van der Waals surface area contributed by atoms with Crippen molar-refractivity contribution in [1.82, 2.24) is 5.32 Å². The fourth-order valence-corrected chi connectivity index (χ4v) is 2.63. The summed E-state index contributed by atoms with van der Waals surface area (Å²) >= 11 is 0. The molecule has 1 saturated carbocycles. The maximum atomic E-state index is 9.17. The Labute approximate surface area is 116 Å². The Morgan fingerprint density at radius 2 is 2.11 bits per heavy atom. The molecule has 0 saturated heterocycles. The Bertz CT molecular complexity index is 390. The van der Waals surface area contributed by atoms with Gasteiger partial charge in [-0.25, -0.2) is 0 Å². The van der Waals surface area contributed by atoms with Gasteiger partial charge in [0, 0.05) is 24.3 Å². The molecule has 0 bridgehead atoms. The number of hydrogen-bond acceptors (Lipinski definition) is 3. The fraction of sp³-hybridized carbons (Fsp3) is 0.625. The average Bonchev–Trinajstić information content (AvgIpc) is 3.23. The lowest BCUT2D eigenvalue weighted by Crippen LogP contribution is -2.34. The van der Waals surface area contributed by atoms with E-state index in [1.54, 1.807) is 0 Å². The van der Waals surface area contributed by atoms with Gasteiger partial charge in [0.1, 0.15) is 5.75 Å². The highest BCUT2D eigenvalue weighted by molar-refractivity contribution is 5.35. The van der Waals surface area contributed by atoms with Crippen molar-refractivity contribution in [2.75, 3.05) is 13.2 Å². The van der Waals surface area contributed by atoms with Crippen LogP contribution in [0, 0.1) is 5.92 Å². The summed E-state index contributed by atoms with van der Waals surface area (Å²) in [6.07, 6.45) is 3.42. The van der Waals surface area contributed by atoms with Crippen molar-refractivity contribution < 1.29 is 9.84 Å². The summed E-state index contributed by atoms with van der Waals surface area (Å²) in [5.41, 5.74) is 1.20. The van der Waals surface area contributed by atoms with E-state index < -0.39 is 0 Å². The molecule has 1 fully saturated rings. The van der Waals surface area contributed by atoms with E-state index >= 15 is 0 Å². The number of rotatable bonds is 8. The molecule has 3 heteroatoms. The summed E-state index contributed by atoms with van der Waals surface area (Å²) in [6, 6.07) is 8.87. The van der Waals surface area contributed by atoms with Crippen molar-refractivity contribution in [2.24, 2.45) is 5.92 Å². The Hall–Kier alpha value is -1.06. The Balaban J connectivity index is 2.03. The van der Waals surface area contributed by atoms with Crippen LogP contribution in [-0.4, -0.2) is 24.4 Å². The van der Waals surface area contributed by atoms with Gasteiger partial charge in [0.15, 0.2) is 0 Å². The molecule has 1 aromatic carbocycles. The first-order valence-electron chi connectivity index (χ1n) is 7.34. The van der Waals surface area contributed by atoms with Crippen LogP contribution in [0.5, 0.6) is 5.75 Å². The first-order chi connectivity index (χ1) is 9.26. The SMILES string of the molecule is CCOc1ccccc1C(C)NC(CCO)C1CC1. The van der Waals surface area contributed by atoms with E-state index in [1.165, 1.54) is 18.4 Å². The van der Waals surface area contributed by atoms with Gasteiger partial charge in [-0.2, -0.15) is 0 Å². The van der Waals surface area contributed by atoms with Crippen LogP contribution in [0.3, 0.4) is 0 Å². The standard InChI is InChI=1S/C16H25NO2/c1-3-19-16-7-5-4-6-14(16)12(2)17-15(10-11-18)13-8-9-13/h4-7,12-13,15,17-18H,3,8-11H2,1-2H3. The minimum absolute atomic E-state index is 0.250. The summed E-state index contributed by atoms with van der Waals surface area (Å²) in [5, 5.41) is 12.8. The second kappa shape index (κ2) is 6.92. The molecular weight excluding hydrogens is 238 g/mol. The van der Waals surface area contributed by atoms with E-state index in [-0.39, 0.29) is 12.6 Å². The van der Waals surface area contributed by atoms with E-state index in [2.05, 4.69) is 18.3 Å². The number of aliphatic hydroxyl groups excluding tert-OH is 1. The van der Waals surface area contributed by atoms with E-state index in [4.69, 9.17) is 4.74 Å². The molecule has 0 aromatic heterocycles. The highest BCUT2D eigenvalue weighted by Gasteiger charge is 2.31. The van der Waals surface area contributed by atoms with Gasteiger partial charge >= 0.3 is 0 Å². The van der Waals surface area contributed by atoms with Gasteiger partial charge in [-0.1, -0.05) is 18.2 Å². The molecule has 2 atom stereocenters. The quantitative estimate of drug-likeness (QED) is 0.758. The number of nitrogens with one attached hydrogen (secondary N) is 1. The van der Waals surface area contributed by atoms with E-state index in [9.17, 15) is 5.11 Å². The van der Waals surface area contributed by atoms with E-state index in [0.717, 1.165) is 18.1 Å². The van der Waals surface area contributed by atoms with Gasteiger partial charge in [-0.15, -0.1) is 0 Å². The molecule has 0 spiro atoms. The highest BCUT2D eigenvalue weighted by Crippen LogP contribution is 2.35. The van der Waals surface area contributed by atoms with Crippen molar-refractivity contribution >= 4 is 0 Å². The lowest BCUT2D eigenvalue weighted by Gasteiger charge is -2.24. The van der Waals surface area contributed by atoms with Gasteiger partial charge in [0.05, 0.1) is 6.61 Å². The molecule has 3 nitrogen and oxygen atoms in total. The largest absolute Gasteiger partial charge is 0.494 e. The molecule has 2 N–H and O–H groups in total. The third-order valence-corrected chi connectivity index (χ3v) is 3.78. The number of ether oxygens (including phenoxy) is 1. The van der Waals surface area contributed by atoms with Gasteiger partial charge < -0.3 is 15.2 Å². The molecular formula is C16H25NO2. The van der Waals surface area contributed by atoms with E-state index in [1.807, 2.05) is 25.1 Å². The Morgan fingerprint density at radius 3 is 2.74 bits per heavy atom. The molecule has 0 amide bonds. The Kier molecular flexibility index (Phi) is 5.23. The monoisotopic (exact) mass is 263 g/mol. The van der Waals surface area contributed by atoms with Crippen LogP contribution >= 0.6 is 0 Å². The second-order valence-corrected chi connectivity index (χ2v) is 5.32. The minimum Gasteiger partial charge on any atom is -0.494 e. The third kappa shape index (κ3) is 3.95. The molecule has 19 heavy (non-hydrogen) atoms. The van der Waals surface area contributed by atoms with E-state index in [0.29, 0.717) is 12.6 Å². The van der Waals surface area contributed by atoms with Crippen molar-refractivity contribution in [3.05, 3.63) is 29.8 Å². The van der Waals surface area contributed by atoms with Crippen LogP contribution in [0.2, 0.25) is 0 Å². The van der Waals surface area contributed by atoms with Crippen molar-refractivity contribution in [1.29, 1.82) is 0 Å². The fourth-order valence-electron chi connectivity index (χ4n) is 2.63. The number of benzene rings is 1. The summed E-state index contributed by atoms with van der Waals surface area (Å²) in [4.78, 5) is 0. The van der Waals surface area contributed by atoms with Gasteiger partial charge in [-0.3, -0.25) is 0 Å². The summed E-state index contributed by atoms with van der Waals surface area (Å²) < 4.78 is 5.69. The highest BCUT2D eigenvalue weighted by atomic mass is 16.5. The first kappa shape index (κ1) is 14.4. The lowest BCUT2D eigenvalue weighted by molar-refractivity contribution is 0.249. The molecule has 1 aliphatic carbocycles. The van der Waals surface area contributed by atoms with Crippen LogP contribution < -0.4 is 10.1 Å². The average molecular weight is 263 g/mol. The summed E-state index contributed by atoms with van der Waals surface area (Å²) in [7, 11) is 0. The number of aliphatic hydroxyl groups is 1. The van der Waals surface area contributed by atoms with Crippen LogP contribution in [0.15, 0.2) is 24.3 Å². The lowest BCUT2D eigenvalue weighted by atomic mass is 10.0. The van der Waals surface area contributed by atoms with Crippen molar-refractivity contribution in [2.45, 2.75) is 45.2 Å². The topological polar surface area (TPSA) is 41.5 Å². The summed E-state index contributed by atoms with van der Waals surface area (Å²) in [5.74, 6) is 1.71. The predicted molar refractivity (Wildman–Crippen MR) is 77.4 cm³/mol. The number of para-hydroxylation sites is 1. The summed E-state index contributed by atoms with van der Waals surface area (Å²) in [6.45, 7) is 5.12. The van der Waals surface area contributed by atoms with Crippen LogP contribution in [0.4, 0.5) is 0 Å². The molecule has 0 aliphatic heterocycles. The van der Waals surface area contributed by atoms with Crippen LogP contribution in [-0.2, 0) is 0 Å². The molecule has 0 heterocycles. The van der Waals surface area contributed by atoms with Crippen molar-refractivity contribution in [3.63, 3.8) is 0 Å². The molecule has 1 aromatic rings. The molecule has 0 radical (unpaired) electrons.